The van der Waals surface area contributed by atoms with Crippen LogP contribution >= 0.6 is 11.3 Å². The van der Waals surface area contributed by atoms with E-state index in [9.17, 15) is 21.6 Å². The molecule has 0 radical (unpaired) electrons. The number of alkyl halides is 3. The van der Waals surface area contributed by atoms with E-state index in [1.54, 1.807) is 18.2 Å². The summed E-state index contributed by atoms with van der Waals surface area (Å²) in [5.41, 5.74) is 2.51. The molecular weight excluding hydrogens is 463 g/mol. The third kappa shape index (κ3) is 4.71. The van der Waals surface area contributed by atoms with Crippen LogP contribution in [0.2, 0.25) is 0 Å². The highest BCUT2D eigenvalue weighted by atomic mass is 32.2. The molecule has 0 amide bonds. The Bertz CT molecular complexity index is 1410. The van der Waals surface area contributed by atoms with Crippen LogP contribution in [0.5, 0.6) is 0 Å². The molecule has 0 spiro atoms. The molecule has 0 saturated heterocycles. The van der Waals surface area contributed by atoms with E-state index in [1.165, 1.54) is 23.5 Å². The van der Waals surface area contributed by atoms with Gasteiger partial charge in [0.2, 0.25) is 10.0 Å². The maximum Gasteiger partial charge on any atom is 0.406 e. The second-order valence-corrected chi connectivity index (χ2v) is 10.5. The number of rotatable bonds is 6. The van der Waals surface area contributed by atoms with Gasteiger partial charge in [-0.1, -0.05) is 31.3 Å². The Morgan fingerprint density at radius 2 is 1.97 bits per heavy atom. The SMILES string of the molecule is CC(C)Cc1ccc(S(N)(=O)=O)cc1Nc1nc2c(ccc3ncn(CC(F)(F)F)c32)s1. The monoisotopic (exact) mass is 483 g/mol. The zero-order valence-electron chi connectivity index (χ0n) is 17.1. The molecule has 0 aliphatic rings. The lowest BCUT2D eigenvalue weighted by atomic mass is 10.0. The van der Waals surface area contributed by atoms with Gasteiger partial charge in [-0.15, -0.1) is 0 Å². The van der Waals surface area contributed by atoms with Crippen LogP contribution in [0.15, 0.2) is 41.6 Å². The summed E-state index contributed by atoms with van der Waals surface area (Å²) in [5.74, 6) is 0.308. The molecule has 12 heteroatoms. The fourth-order valence-electron chi connectivity index (χ4n) is 3.49. The number of hydrogen-bond acceptors (Lipinski definition) is 6. The summed E-state index contributed by atoms with van der Waals surface area (Å²) in [6.45, 7) is 2.90. The number of aromatic nitrogens is 3. The second kappa shape index (κ2) is 8.01. The van der Waals surface area contributed by atoms with E-state index >= 15 is 0 Å². The summed E-state index contributed by atoms with van der Waals surface area (Å²) >= 11 is 1.25. The van der Waals surface area contributed by atoms with Crippen LogP contribution in [0.4, 0.5) is 24.0 Å². The first-order chi connectivity index (χ1) is 14.9. The molecule has 32 heavy (non-hydrogen) atoms. The lowest BCUT2D eigenvalue weighted by Crippen LogP contribution is -2.16. The molecule has 0 atom stereocenters. The molecule has 3 N–H and O–H groups in total. The standard InChI is InChI=1S/C20H20F3N5O2S2/c1-11(2)7-12-3-4-13(32(24,29)30)8-15(12)26-19-27-17-16(31-19)6-5-14-18(17)28(10-25-14)9-20(21,22)23/h3-6,8,10-11H,7,9H2,1-2H3,(H,26,27)(H2,24,29,30). The minimum Gasteiger partial charge on any atom is -0.331 e. The van der Waals surface area contributed by atoms with E-state index in [4.69, 9.17) is 5.14 Å². The predicted molar refractivity (Wildman–Crippen MR) is 119 cm³/mol. The first-order valence-electron chi connectivity index (χ1n) is 9.64. The zero-order chi connectivity index (χ0) is 23.3. The predicted octanol–water partition coefficient (Wildman–Crippen LogP) is 4.80. The molecule has 0 fully saturated rings. The van der Waals surface area contributed by atoms with E-state index in [-0.39, 0.29) is 4.90 Å². The maximum absolute atomic E-state index is 13.0. The van der Waals surface area contributed by atoms with E-state index in [0.29, 0.717) is 44.4 Å². The topological polar surface area (TPSA) is 103 Å². The fourth-order valence-corrected chi connectivity index (χ4v) is 4.92. The van der Waals surface area contributed by atoms with Crippen LogP contribution in [0.1, 0.15) is 19.4 Å². The maximum atomic E-state index is 13.0. The molecule has 170 valence electrons. The summed E-state index contributed by atoms with van der Waals surface area (Å²) in [6.07, 6.45) is -2.56. The van der Waals surface area contributed by atoms with Gasteiger partial charge in [0, 0.05) is 5.69 Å². The number of anilines is 2. The molecule has 2 heterocycles. The molecule has 0 aliphatic carbocycles. The first-order valence-corrected chi connectivity index (χ1v) is 12.0. The quantitative estimate of drug-likeness (QED) is 0.410. The highest BCUT2D eigenvalue weighted by Crippen LogP contribution is 2.35. The van der Waals surface area contributed by atoms with E-state index < -0.39 is 22.7 Å². The molecule has 2 aromatic heterocycles. The summed E-state index contributed by atoms with van der Waals surface area (Å²) in [5, 5.41) is 8.84. The molecule has 2 aromatic carbocycles. The first kappa shape index (κ1) is 22.5. The Morgan fingerprint density at radius 3 is 2.62 bits per heavy atom. The number of nitrogens with one attached hydrogen (secondary N) is 1. The molecule has 7 nitrogen and oxygen atoms in total. The van der Waals surface area contributed by atoms with Gasteiger partial charge in [-0.2, -0.15) is 13.2 Å². The van der Waals surface area contributed by atoms with Gasteiger partial charge in [-0.25, -0.2) is 23.5 Å². The van der Waals surface area contributed by atoms with Crippen molar-refractivity contribution in [2.24, 2.45) is 11.1 Å². The van der Waals surface area contributed by atoms with Gasteiger partial charge in [0.05, 0.1) is 27.0 Å². The lowest BCUT2D eigenvalue weighted by Gasteiger charge is -2.13. The molecule has 0 bridgehead atoms. The second-order valence-electron chi connectivity index (χ2n) is 7.87. The average Bonchev–Trinajstić information content (AvgIpc) is 3.23. The molecule has 0 saturated carbocycles. The van der Waals surface area contributed by atoms with Gasteiger partial charge >= 0.3 is 6.18 Å². The minimum absolute atomic E-state index is 0.0424. The zero-order valence-corrected chi connectivity index (χ0v) is 18.8. The highest BCUT2D eigenvalue weighted by Gasteiger charge is 2.29. The molecule has 0 aliphatic heterocycles. The van der Waals surface area contributed by atoms with Crippen molar-refractivity contribution in [1.82, 2.24) is 14.5 Å². The fraction of sp³-hybridized carbons (Fsp3) is 0.300. The third-order valence-electron chi connectivity index (χ3n) is 4.77. The van der Waals surface area contributed by atoms with Crippen molar-refractivity contribution in [3.8, 4) is 0 Å². The Morgan fingerprint density at radius 1 is 1.22 bits per heavy atom. The molecule has 4 aromatic rings. The Balaban J connectivity index is 1.79. The number of hydrogen-bond donors (Lipinski definition) is 2. The summed E-state index contributed by atoms with van der Waals surface area (Å²) in [4.78, 5) is 8.53. The summed E-state index contributed by atoms with van der Waals surface area (Å²) < 4.78 is 64.3. The molecule has 0 unspecified atom stereocenters. The van der Waals surface area contributed by atoms with Crippen molar-refractivity contribution in [3.05, 3.63) is 42.2 Å². The number of fused-ring (bicyclic) bond motifs is 3. The van der Waals surface area contributed by atoms with E-state index in [2.05, 4.69) is 15.3 Å². The summed E-state index contributed by atoms with van der Waals surface area (Å²) in [7, 11) is -3.91. The van der Waals surface area contributed by atoms with Gasteiger partial charge in [0.25, 0.3) is 0 Å². The molecular formula is C20H20F3N5O2S2. The van der Waals surface area contributed by atoms with Gasteiger partial charge in [-0.05, 0) is 42.2 Å². The third-order valence-corrected chi connectivity index (χ3v) is 6.61. The van der Waals surface area contributed by atoms with Crippen LogP contribution < -0.4 is 10.5 Å². The summed E-state index contributed by atoms with van der Waals surface area (Å²) in [6, 6.07) is 8.00. The van der Waals surface area contributed by atoms with Gasteiger partial charge in [-0.3, -0.25) is 0 Å². The largest absolute Gasteiger partial charge is 0.406 e. The number of thiazole rings is 1. The van der Waals surface area contributed by atoms with Crippen molar-refractivity contribution in [2.45, 2.75) is 37.9 Å². The number of sulfonamides is 1. The van der Waals surface area contributed by atoms with Crippen molar-refractivity contribution in [1.29, 1.82) is 0 Å². The van der Waals surface area contributed by atoms with E-state index in [0.717, 1.165) is 16.5 Å². The van der Waals surface area contributed by atoms with Crippen LogP contribution in [-0.2, 0) is 23.0 Å². The minimum atomic E-state index is -4.40. The average molecular weight is 484 g/mol. The van der Waals surface area contributed by atoms with Crippen molar-refractivity contribution in [2.75, 3.05) is 5.32 Å². The van der Waals surface area contributed by atoms with Gasteiger partial charge < -0.3 is 9.88 Å². The normalized spacial score (nSPS) is 12.8. The van der Waals surface area contributed by atoms with Crippen molar-refractivity contribution >= 4 is 53.4 Å². The van der Waals surface area contributed by atoms with Crippen LogP contribution in [0.3, 0.4) is 0 Å². The molecule has 4 rings (SSSR count). The number of nitrogens with zero attached hydrogens (tertiary/aromatic N) is 3. The number of nitrogens with two attached hydrogens (primary N) is 1. The Kier molecular flexibility index (Phi) is 5.63. The van der Waals surface area contributed by atoms with Crippen LogP contribution in [0.25, 0.3) is 21.3 Å². The Hall–Kier alpha value is -2.70. The Labute approximate surface area is 186 Å². The number of primary sulfonamides is 1. The smallest absolute Gasteiger partial charge is 0.331 e. The lowest BCUT2D eigenvalue weighted by molar-refractivity contribution is -0.139. The van der Waals surface area contributed by atoms with Crippen LogP contribution in [-0.4, -0.2) is 29.1 Å². The number of halogens is 3. The van der Waals surface area contributed by atoms with Crippen LogP contribution in [0, 0.1) is 5.92 Å². The van der Waals surface area contributed by atoms with Gasteiger partial charge in [0.15, 0.2) is 5.13 Å². The highest BCUT2D eigenvalue weighted by molar-refractivity contribution is 7.89. The van der Waals surface area contributed by atoms with Gasteiger partial charge in [0.1, 0.15) is 12.1 Å². The number of imidazole rings is 1. The van der Waals surface area contributed by atoms with E-state index in [1.807, 2.05) is 13.8 Å². The number of benzene rings is 2. The van der Waals surface area contributed by atoms with Crippen molar-refractivity contribution in [3.63, 3.8) is 0 Å². The van der Waals surface area contributed by atoms with Crippen molar-refractivity contribution < 1.29 is 21.6 Å².